The first-order valence-corrected chi connectivity index (χ1v) is 11.5. The Bertz CT molecular complexity index is 1050. The maximum absolute atomic E-state index is 6.15. The minimum atomic E-state index is 0.313. The molecule has 1 aliphatic carbocycles. The minimum Gasteiger partial charge on any atom is -0.490 e. The number of aromatic nitrogens is 2. The average molecular weight is 433 g/mol. The zero-order valence-electron chi connectivity index (χ0n) is 18.9. The van der Waals surface area contributed by atoms with Gasteiger partial charge in [0.05, 0.1) is 6.10 Å². The van der Waals surface area contributed by atoms with Crippen LogP contribution in [0.2, 0.25) is 0 Å². The summed E-state index contributed by atoms with van der Waals surface area (Å²) >= 11 is 0. The molecule has 0 radical (unpaired) electrons. The molecule has 1 heterocycles. The number of nitrogens with one attached hydrogen (secondary N) is 1. The molecule has 1 fully saturated rings. The van der Waals surface area contributed by atoms with Crippen LogP contribution >= 0.6 is 0 Å². The van der Waals surface area contributed by atoms with Crippen molar-refractivity contribution in [2.45, 2.75) is 64.9 Å². The topological polar surface area (TPSA) is 86.2 Å². The van der Waals surface area contributed by atoms with Gasteiger partial charge in [-0.25, -0.2) is 0 Å². The number of hydrogen-bond donors (Lipinski definition) is 2. The molecule has 168 valence electrons. The van der Waals surface area contributed by atoms with Crippen LogP contribution in [0.15, 0.2) is 58.8 Å². The van der Waals surface area contributed by atoms with Crippen molar-refractivity contribution in [1.82, 2.24) is 10.2 Å². The first-order valence-electron chi connectivity index (χ1n) is 11.5. The van der Waals surface area contributed by atoms with Crippen molar-refractivity contribution in [3.63, 3.8) is 0 Å². The van der Waals surface area contributed by atoms with Gasteiger partial charge in [0.1, 0.15) is 5.75 Å². The summed E-state index contributed by atoms with van der Waals surface area (Å²) in [7, 11) is 0. The maximum atomic E-state index is 6.15. The molecule has 0 saturated heterocycles. The van der Waals surface area contributed by atoms with Crippen molar-refractivity contribution >= 4 is 5.69 Å². The van der Waals surface area contributed by atoms with Crippen molar-refractivity contribution in [2.75, 3.05) is 5.32 Å². The van der Waals surface area contributed by atoms with E-state index < -0.39 is 0 Å². The second-order valence-electron chi connectivity index (χ2n) is 8.46. The Hall–Kier alpha value is -3.28. The van der Waals surface area contributed by atoms with Gasteiger partial charge in [-0.2, -0.15) is 0 Å². The first-order chi connectivity index (χ1) is 15.6. The highest BCUT2D eigenvalue weighted by Crippen LogP contribution is 2.31. The van der Waals surface area contributed by atoms with E-state index in [0.29, 0.717) is 17.9 Å². The van der Waals surface area contributed by atoms with E-state index in [2.05, 4.69) is 22.4 Å². The molecule has 1 saturated carbocycles. The van der Waals surface area contributed by atoms with Gasteiger partial charge in [0.25, 0.3) is 0 Å². The van der Waals surface area contributed by atoms with Gasteiger partial charge in [-0.15, -0.1) is 10.2 Å². The van der Waals surface area contributed by atoms with Crippen LogP contribution in [0.1, 0.15) is 57.4 Å². The second-order valence-corrected chi connectivity index (χ2v) is 8.46. The third-order valence-electron chi connectivity index (χ3n) is 5.84. The Balaban J connectivity index is 1.45. The molecule has 0 aliphatic heterocycles. The molecule has 0 bridgehead atoms. The summed E-state index contributed by atoms with van der Waals surface area (Å²) in [6.45, 7) is 4.20. The zero-order chi connectivity index (χ0) is 22.3. The Labute approximate surface area is 189 Å². The highest BCUT2D eigenvalue weighted by molar-refractivity contribution is 5.64. The van der Waals surface area contributed by atoms with Crippen molar-refractivity contribution in [3.05, 3.63) is 59.9 Å². The highest BCUT2D eigenvalue weighted by Gasteiger charge is 2.18. The summed E-state index contributed by atoms with van der Waals surface area (Å²) < 4.78 is 12.2. The van der Waals surface area contributed by atoms with E-state index in [9.17, 15) is 0 Å². The van der Waals surface area contributed by atoms with E-state index in [4.69, 9.17) is 14.9 Å². The van der Waals surface area contributed by atoms with Crippen LogP contribution in [0.5, 0.6) is 5.75 Å². The SMILES string of the molecule is CCCC/C(N)=C/Nc1ccc(-c2nnc(-c3cc(OC4CCCC4)ccc3C)o2)cc1. The number of ether oxygens (including phenoxy) is 1. The van der Waals surface area contributed by atoms with E-state index in [1.165, 1.54) is 12.8 Å². The molecule has 0 amide bonds. The van der Waals surface area contributed by atoms with Crippen LogP contribution in [-0.2, 0) is 0 Å². The third kappa shape index (κ3) is 5.49. The Morgan fingerprint density at radius 2 is 1.88 bits per heavy atom. The third-order valence-corrected chi connectivity index (χ3v) is 5.84. The summed E-state index contributed by atoms with van der Waals surface area (Å²) in [5.74, 6) is 1.85. The monoisotopic (exact) mass is 432 g/mol. The fourth-order valence-corrected chi connectivity index (χ4v) is 3.89. The fraction of sp³-hybridized carbons (Fsp3) is 0.385. The van der Waals surface area contributed by atoms with Crippen molar-refractivity contribution in [1.29, 1.82) is 0 Å². The van der Waals surface area contributed by atoms with Crippen molar-refractivity contribution < 1.29 is 9.15 Å². The molecule has 0 spiro atoms. The highest BCUT2D eigenvalue weighted by atomic mass is 16.5. The number of hydrogen-bond acceptors (Lipinski definition) is 6. The van der Waals surface area contributed by atoms with Crippen molar-refractivity contribution in [3.8, 4) is 28.7 Å². The smallest absolute Gasteiger partial charge is 0.248 e. The lowest BCUT2D eigenvalue weighted by Crippen LogP contribution is -2.10. The molecular formula is C26H32N4O2. The minimum absolute atomic E-state index is 0.313. The number of anilines is 1. The van der Waals surface area contributed by atoms with Gasteiger partial charge >= 0.3 is 0 Å². The summed E-state index contributed by atoms with van der Waals surface area (Å²) in [5.41, 5.74) is 10.7. The van der Waals surface area contributed by atoms with Crippen LogP contribution in [0.25, 0.3) is 22.9 Å². The molecule has 32 heavy (non-hydrogen) atoms. The second kappa shape index (κ2) is 10.4. The van der Waals surface area contributed by atoms with Gasteiger partial charge in [0.2, 0.25) is 11.8 Å². The molecule has 1 aliphatic rings. The first kappa shape index (κ1) is 21.9. The molecule has 3 N–H and O–H groups in total. The Morgan fingerprint density at radius 3 is 2.62 bits per heavy atom. The van der Waals surface area contributed by atoms with Crippen LogP contribution in [-0.4, -0.2) is 16.3 Å². The molecule has 0 unspecified atom stereocenters. The molecule has 0 atom stereocenters. The molecule has 6 heteroatoms. The number of rotatable bonds is 9. The lowest BCUT2D eigenvalue weighted by atomic mass is 10.1. The standard InChI is InChI=1S/C26H32N4O2/c1-3-4-7-20(27)17-28-21-13-11-19(12-14-21)25-29-30-26(32-25)24-16-23(15-10-18(24)2)31-22-8-5-6-9-22/h10-17,22,28H,3-9,27H2,1-2H3/b20-17-. The van der Waals surface area contributed by atoms with Crippen LogP contribution in [0.4, 0.5) is 5.69 Å². The fourth-order valence-electron chi connectivity index (χ4n) is 3.89. The van der Waals surface area contributed by atoms with Gasteiger partial charge in [-0.05, 0) is 87.4 Å². The summed E-state index contributed by atoms with van der Waals surface area (Å²) in [4.78, 5) is 0. The predicted molar refractivity (Wildman–Crippen MR) is 128 cm³/mol. The zero-order valence-corrected chi connectivity index (χ0v) is 18.9. The number of benzene rings is 2. The number of nitrogens with two attached hydrogens (primary N) is 1. The van der Waals surface area contributed by atoms with E-state index in [0.717, 1.165) is 65.9 Å². The molecular weight excluding hydrogens is 400 g/mol. The van der Waals surface area contributed by atoms with E-state index in [1.54, 1.807) is 0 Å². The summed E-state index contributed by atoms with van der Waals surface area (Å²) in [6, 6.07) is 13.9. The number of aryl methyl sites for hydroxylation is 1. The summed E-state index contributed by atoms with van der Waals surface area (Å²) in [5, 5.41) is 11.8. The van der Waals surface area contributed by atoms with Crippen LogP contribution in [0, 0.1) is 6.92 Å². The van der Waals surface area contributed by atoms with E-state index in [1.807, 2.05) is 55.6 Å². The van der Waals surface area contributed by atoms with E-state index >= 15 is 0 Å². The molecule has 3 aromatic rings. The molecule has 2 aromatic carbocycles. The summed E-state index contributed by atoms with van der Waals surface area (Å²) in [6.07, 6.45) is 10.0. The molecule has 6 nitrogen and oxygen atoms in total. The Kier molecular flexibility index (Phi) is 7.10. The van der Waals surface area contributed by atoms with Crippen molar-refractivity contribution in [2.24, 2.45) is 5.73 Å². The van der Waals surface area contributed by atoms with Crippen LogP contribution < -0.4 is 15.8 Å². The average Bonchev–Trinajstić information content (AvgIpc) is 3.50. The Morgan fingerprint density at radius 1 is 1.12 bits per heavy atom. The predicted octanol–water partition coefficient (Wildman–Crippen LogP) is 6.44. The van der Waals surface area contributed by atoms with Gasteiger partial charge in [-0.3, -0.25) is 0 Å². The van der Waals surface area contributed by atoms with Gasteiger partial charge in [-0.1, -0.05) is 19.4 Å². The normalized spacial score (nSPS) is 14.6. The molecule has 1 aromatic heterocycles. The number of nitrogens with zero attached hydrogens (tertiary/aromatic N) is 2. The van der Waals surface area contributed by atoms with Crippen LogP contribution in [0.3, 0.4) is 0 Å². The lowest BCUT2D eigenvalue weighted by Gasteiger charge is -2.14. The largest absolute Gasteiger partial charge is 0.490 e. The van der Waals surface area contributed by atoms with Gasteiger partial charge in [0.15, 0.2) is 0 Å². The quantitative estimate of drug-likeness (QED) is 0.405. The lowest BCUT2D eigenvalue weighted by molar-refractivity contribution is 0.210. The number of allylic oxidation sites excluding steroid dienone is 1. The molecule has 4 rings (SSSR count). The van der Waals surface area contributed by atoms with E-state index in [-0.39, 0.29) is 0 Å². The number of unbranched alkanes of at least 4 members (excludes halogenated alkanes) is 1. The van der Waals surface area contributed by atoms with Gasteiger partial charge in [0, 0.05) is 28.7 Å². The van der Waals surface area contributed by atoms with Gasteiger partial charge < -0.3 is 20.2 Å². The maximum Gasteiger partial charge on any atom is 0.248 e.